The Kier molecular flexibility index (Phi) is 3.66. The first-order valence-electron chi connectivity index (χ1n) is 9.49. The van der Waals surface area contributed by atoms with Gasteiger partial charge in [-0.15, -0.1) is 0 Å². The van der Waals surface area contributed by atoms with Gasteiger partial charge >= 0.3 is 0 Å². The van der Waals surface area contributed by atoms with Gasteiger partial charge in [-0.2, -0.15) is 0 Å². The third-order valence-electron chi connectivity index (χ3n) is 6.23. The minimum Gasteiger partial charge on any atom is -0.492 e. The molecule has 28 heavy (non-hydrogen) atoms. The number of fused-ring (bicyclic) bond motifs is 5. The van der Waals surface area contributed by atoms with E-state index in [1.54, 1.807) is 0 Å². The van der Waals surface area contributed by atoms with Gasteiger partial charge in [0.25, 0.3) is 0 Å². The van der Waals surface area contributed by atoms with Crippen LogP contribution < -0.4 is 9.64 Å². The van der Waals surface area contributed by atoms with Gasteiger partial charge in [-0.1, -0.05) is 78.9 Å². The second-order valence-electron chi connectivity index (χ2n) is 7.46. The first-order valence-corrected chi connectivity index (χ1v) is 9.49. The summed E-state index contributed by atoms with van der Waals surface area (Å²) in [4.78, 5) is 15.0. The molecule has 0 aliphatic carbocycles. The first-order chi connectivity index (χ1) is 13.7. The lowest BCUT2D eigenvalue weighted by Gasteiger charge is -2.48. The number of hydrogen-bond donors (Lipinski definition) is 0. The smallest absolute Gasteiger partial charge is 0.137 e. The summed E-state index contributed by atoms with van der Waals surface area (Å²) in [5.41, 5.74) is 2.73. The Balaban J connectivity index is 1.82. The van der Waals surface area contributed by atoms with Gasteiger partial charge in [-0.05, 0) is 23.3 Å². The van der Waals surface area contributed by atoms with Crippen molar-refractivity contribution in [2.45, 2.75) is 11.0 Å². The first kappa shape index (κ1) is 16.8. The van der Waals surface area contributed by atoms with Gasteiger partial charge in [-0.3, -0.25) is 0 Å². The van der Waals surface area contributed by atoms with Crippen LogP contribution in [-0.2, 0) is 15.7 Å². The summed E-state index contributed by atoms with van der Waals surface area (Å²) in [5.74, 6) is 0.831. The largest absolute Gasteiger partial charge is 0.492 e. The molecule has 0 spiro atoms. The summed E-state index contributed by atoms with van der Waals surface area (Å²) >= 11 is 0. The summed E-state index contributed by atoms with van der Waals surface area (Å²) in [6, 6.07) is 26.4. The van der Waals surface area contributed by atoms with Crippen LogP contribution in [0.1, 0.15) is 16.7 Å². The zero-order valence-corrected chi connectivity index (χ0v) is 15.7. The van der Waals surface area contributed by atoms with Crippen molar-refractivity contribution in [3.8, 4) is 5.75 Å². The molecular weight excluding hydrogens is 346 g/mol. The molecule has 0 saturated heterocycles. The number of hydrogen-bond acceptors (Lipinski definition) is 3. The zero-order chi connectivity index (χ0) is 19.2. The molecular formula is C25H21NO2. The molecule has 2 heterocycles. The Morgan fingerprint density at radius 2 is 1.57 bits per heavy atom. The number of aldehydes is 1. The summed E-state index contributed by atoms with van der Waals surface area (Å²) in [6.45, 7) is 0.313. The summed E-state index contributed by atoms with van der Waals surface area (Å²) in [7, 11) is 2.07. The molecule has 138 valence electrons. The monoisotopic (exact) mass is 367 g/mol. The Labute approximate surface area is 164 Å². The van der Waals surface area contributed by atoms with Crippen molar-refractivity contribution >= 4 is 18.0 Å². The van der Waals surface area contributed by atoms with E-state index in [1.807, 2.05) is 48.5 Å². The maximum Gasteiger partial charge on any atom is 0.137 e. The van der Waals surface area contributed by atoms with Gasteiger partial charge < -0.3 is 14.4 Å². The summed E-state index contributed by atoms with van der Waals surface area (Å²) in [6.07, 6.45) is 5.38. The molecule has 3 nitrogen and oxygen atoms in total. The minimum absolute atomic E-state index is 0.313. The molecule has 2 atom stereocenters. The number of carbonyl (C=O) groups is 1. The van der Waals surface area contributed by atoms with Crippen LogP contribution in [-0.4, -0.2) is 19.9 Å². The number of anilines is 1. The molecule has 0 amide bonds. The van der Waals surface area contributed by atoms with E-state index in [1.165, 1.54) is 0 Å². The van der Waals surface area contributed by atoms with Crippen LogP contribution in [0.4, 0.5) is 5.69 Å². The average molecular weight is 367 g/mol. The minimum atomic E-state index is -0.808. The van der Waals surface area contributed by atoms with Crippen molar-refractivity contribution in [1.82, 2.24) is 0 Å². The van der Waals surface area contributed by atoms with E-state index in [9.17, 15) is 4.79 Å². The van der Waals surface area contributed by atoms with E-state index in [4.69, 9.17) is 4.74 Å². The van der Waals surface area contributed by atoms with Crippen LogP contribution in [0, 0.1) is 0 Å². The highest BCUT2D eigenvalue weighted by Gasteiger charge is 2.64. The third kappa shape index (κ3) is 2.02. The van der Waals surface area contributed by atoms with Gasteiger partial charge in [0.15, 0.2) is 0 Å². The fourth-order valence-corrected chi connectivity index (χ4v) is 4.86. The average Bonchev–Trinajstić information content (AvgIpc) is 2.99. The van der Waals surface area contributed by atoms with E-state index >= 15 is 0 Å². The lowest BCUT2D eigenvalue weighted by Crippen LogP contribution is -2.59. The molecule has 0 aromatic heterocycles. The summed E-state index contributed by atoms with van der Waals surface area (Å²) < 4.78 is 6.12. The van der Waals surface area contributed by atoms with Crippen molar-refractivity contribution in [2.75, 3.05) is 18.6 Å². The fraction of sp³-hybridized carbons (Fsp3) is 0.160. The predicted molar refractivity (Wildman–Crippen MR) is 112 cm³/mol. The lowest BCUT2D eigenvalue weighted by atomic mass is 9.63. The molecule has 0 bridgehead atoms. The van der Waals surface area contributed by atoms with E-state index in [2.05, 4.69) is 54.4 Å². The zero-order valence-electron chi connectivity index (χ0n) is 15.7. The molecule has 5 rings (SSSR count). The Hall–Kier alpha value is -3.33. The Morgan fingerprint density at radius 3 is 2.36 bits per heavy atom. The fourth-order valence-electron chi connectivity index (χ4n) is 4.86. The standard InChI is InChI=1S/C25H21NO2/c1-26-22-13-7-5-11-20(22)24(17-27)18-28-23-14-8-6-12-21(23)25(24,26)16-15-19-9-3-2-4-10-19/h2-17H,18H2,1H3/b16-15+/t24-,25-/m1/s1. The Morgan fingerprint density at radius 1 is 0.893 bits per heavy atom. The highest BCUT2D eigenvalue weighted by molar-refractivity contribution is 5.87. The number of nitrogens with zero attached hydrogens (tertiary/aromatic N) is 1. The molecule has 0 fully saturated rings. The second kappa shape index (κ2) is 6.10. The van der Waals surface area contributed by atoms with Gasteiger partial charge in [0.1, 0.15) is 29.6 Å². The van der Waals surface area contributed by atoms with Crippen molar-refractivity contribution in [1.29, 1.82) is 0 Å². The lowest BCUT2D eigenvalue weighted by molar-refractivity contribution is -0.116. The van der Waals surface area contributed by atoms with E-state index < -0.39 is 11.0 Å². The molecule has 3 aromatic carbocycles. The van der Waals surface area contributed by atoms with Crippen LogP contribution in [0.2, 0.25) is 0 Å². The maximum atomic E-state index is 12.8. The Bertz CT molecular complexity index is 1070. The van der Waals surface area contributed by atoms with E-state index in [0.717, 1.165) is 34.4 Å². The van der Waals surface area contributed by atoms with Gasteiger partial charge in [0.05, 0.1) is 0 Å². The van der Waals surface area contributed by atoms with Gasteiger partial charge in [0, 0.05) is 18.3 Å². The highest BCUT2D eigenvalue weighted by Crippen LogP contribution is 2.60. The molecule has 0 radical (unpaired) electrons. The second-order valence-corrected chi connectivity index (χ2v) is 7.46. The molecule has 0 N–H and O–H groups in total. The predicted octanol–water partition coefficient (Wildman–Crippen LogP) is 4.57. The van der Waals surface area contributed by atoms with Crippen molar-refractivity contribution < 1.29 is 9.53 Å². The quantitative estimate of drug-likeness (QED) is 0.635. The van der Waals surface area contributed by atoms with Crippen LogP contribution in [0.25, 0.3) is 6.08 Å². The highest BCUT2D eigenvalue weighted by atomic mass is 16.5. The third-order valence-corrected chi connectivity index (χ3v) is 6.23. The number of benzene rings is 3. The number of ether oxygens (including phenoxy) is 1. The van der Waals surface area contributed by atoms with Crippen LogP contribution in [0.5, 0.6) is 5.75 Å². The number of para-hydroxylation sites is 2. The van der Waals surface area contributed by atoms with Crippen molar-refractivity contribution in [2.24, 2.45) is 0 Å². The van der Waals surface area contributed by atoms with Crippen LogP contribution >= 0.6 is 0 Å². The molecule has 3 aromatic rings. The molecule has 3 heteroatoms. The number of rotatable bonds is 3. The molecule has 2 aliphatic rings. The van der Waals surface area contributed by atoms with Crippen molar-refractivity contribution in [3.05, 3.63) is 102 Å². The van der Waals surface area contributed by atoms with E-state index in [-0.39, 0.29) is 0 Å². The van der Waals surface area contributed by atoms with Crippen LogP contribution in [0.3, 0.4) is 0 Å². The molecule has 0 saturated carbocycles. The molecule has 0 unspecified atom stereocenters. The number of carbonyl (C=O) groups excluding carboxylic acids is 1. The number of likely N-dealkylation sites (N-methyl/N-ethyl adjacent to an activating group) is 1. The van der Waals surface area contributed by atoms with E-state index in [0.29, 0.717) is 6.61 Å². The topological polar surface area (TPSA) is 29.5 Å². The van der Waals surface area contributed by atoms with Gasteiger partial charge in [0.2, 0.25) is 0 Å². The molecule has 2 aliphatic heterocycles. The maximum absolute atomic E-state index is 12.8. The SMILES string of the molecule is CN1c2ccccc2[C@@]2(C=O)COc3ccccc3[C@@]12/C=C/c1ccccc1. The summed E-state index contributed by atoms with van der Waals surface area (Å²) in [5, 5.41) is 0. The van der Waals surface area contributed by atoms with Gasteiger partial charge in [-0.25, -0.2) is 0 Å². The van der Waals surface area contributed by atoms with Crippen molar-refractivity contribution in [3.63, 3.8) is 0 Å². The normalized spacial score (nSPS) is 25.0. The van der Waals surface area contributed by atoms with Crippen LogP contribution in [0.15, 0.2) is 84.9 Å².